The molecule has 0 saturated heterocycles. The van der Waals surface area contributed by atoms with Crippen LogP contribution in [0.3, 0.4) is 0 Å². The quantitative estimate of drug-likeness (QED) is 0.371. The van der Waals surface area contributed by atoms with Crippen LogP contribution in [0.1, 0.15) is 69.2 Å². The highest BCUT2D eigenvalue weighted by molar-refractivity contribution is 7.18. The van der Waals surface area contributed by atoms with Crippen molar-refractivity contribution in [2.45, 2.75) is 53.8 Å². The van der Waals surface area contributed by atoms with Crippen molar-refractivity contribution in [3.63, 3.8) is 0 Å². The van der Waals surface area contributed by atoms with E-state index in [1.807, 2.05) is 0 Å². The molecule has 0 aliphatic rings. The molecule has 0 atom stereocenters. The van der Waals surface area contributed by atoms with E-state index in [0.29, 0.717) is 11.1 Å². The van der Waals surface area contributed by atoms with Gasteiger partial charge in [-0.05, 0) is 53.2 Å². The first-order valence-electron chi connectivity index (χ1n) is 9.54. The third-order valence-corrected chi connectivity index (χ3v) is 5.30. The van der Waals surface area contributed by atoms with Gasteiger partial charge in [0.2, 0.25) is 0 Å². The Morgan fingerprint density at radius 1 is 1.03 bits per heavy atom. The monoisotopic (exact) mass is 448 g/mol. The molecule has 2 rings (SSSR count). The van der Waals surface area contributed by atoms with Gasteiger partial charge in [0, 0.05) is 17.2 Å². The van der Waals surface area contributed by atoms with Crippen molar-refractivity contribution in [1.82, 2.24) is 0 Å². The molecule has 1 amide bonds. The molecule has 0 bridgehead atoms. The molecule has 9 nitrogen and oxygen atoms in total. The lowest BCUT2D eigenvalue weighted by Gasteiger charge is -2.10. The zero-order valence-corrected chi connectivity index (χ0v) is 18.9. The fourth-order valence-corrected chi connectivity index (χ4v) is 3.78. The van der Waals surface area contributed by atoms with Crippen LogP contribution in [0, 0.1) is 24.0 Å². The van der Waals surface area contributed by atoms with Gasteiger partial charge in [0.05, 0.1) is 22.7 Å². The molecule has 0 radical (unpaired) electrons. The van der Waals surface area contributed by atoms with Gasteiger partial charge in [-0.1, -0.05) is 6.07 Å². The Hall–Kier alpha value is -3.27. The third-order valence-electron chi connectivity index (χ3n) is 4.12. The van der Waals surface area contributed by atoms with E-state index < -0.39 is 28.9 Å². The molecule has 31 heavy (non-hydrogen) atoms. The first kappa shape index (κ1) is 24.0. The van der Waals surface area contributed by atoms with Crippen molar-refractivity contribution >= 4 is 39.9 Å². The Morgan fingerprint density at radius 3 is 2.16 bits per heavy atom. The summed E-state index contributed by atoms with van der Waals surface area (Å²) in [5.74, 6) is -1.98. The second-order valence-electron chi connectivity index (χ2n) is 7.38. The number of carbonyl (C=O) groups excluding carboxylic acids is 3. The fraction of sp³-hybridized carbons (Fsp3) is 0.381. The number of rotatable bonds is 7. The van der Waals surface area contributed by atoms with Crippen molar-refractivity contribution in [3.8, 4) is 0 Å². The molecule has 1 N–H and O–H groups in total. The van der Waals surface area contributed by atoms with Crippen molar-refractivity contribution in [1.29, 1.82) is 0 Å². The summed E-state index contributed by atoms with van der Waals surface area (Å²) in [5, 5.41) is 13.9. The molecule has 166 valence electrons. The average Bonchev–Trinajstić information content (AvgIpc) is 2.96. The second kappa shape index (κ2) is 9.69. The van der Waals surface area contributed by atoms with Crippen molar-refractivity contribution in [2.75, 3.05) is 5.32 Å². The number of nitrogens with one attached hydrogen (secondary N) is 1. The number of nitro groups is 1. The maximum absolute atomic E-state index is 12.8. The Bertz CT molecular complexity index is 1040. The van der Waals surface area contributed by atoms with Crippen LogP contribution in [-0.2, 0) is 9.47 Å². The van der Waals surface area contributed by atoms with E-state index in [-0.39, 0.29) is 32.8 Å². The minimum absolute atomic E-state index is 0.0397. The number of amides is 1. The van der Waals surface area contributed by atoms with Gasteiger partial charge in [0.25, 0.3) is 11.6 Å². The number of carbonyl (C=O) groups is 3. The number of benzene rings is 1. The number of hydrogen-bond acceptors (Lipinski definition) is 8. The van der Waals surface area contributed by atoms with Crippen LogP contribution in [-0.4, -0.2) is 35.0 Å². The highest BCUT2D eigenvalue weighted by atomic mass is 32.1. The lowest BCUT2D eigenvalue weighted by molar-refractivity contribution is -0.385. The zero-order valence-electron chi connectivity index (χ0n) is 18.1. The van der Waals surface area contributed by atoms with E-state index in [1.54, 1.807) is 41.5 Å². The normalized spacial score (nSPS) is 10.8. The number of thiophene rings is 1. The molecule has 1 aromatic carbocycles. The molecule has 0 fully saturated rings. The summed E-state index contributed by atoms with van der Waals surface area (Å²) >= 11 is 0.887. The van der Waals surface area contributed by atoms with E-state index >= 15 is 0 Å². The summed E-state index contributed by atoms with van der Waals surface area (Å²) in [6.07, 6.45) is -0.785. The van der Waals surface area contributed by atoms with Gasteiger partial charge in [-0.25, -0.2) is 9.59 Å². The van der Waals surface area contributed by atoms with Gasteiger partial charge in [-0.15, -0.1) is 11.3 Å². The Kier molecular flexibility index (Phi) is 7.50. The summed E-state index contributed by atoms with van der Waals surface area (Å²) in [5.41, 5.74) is 0.623. The molecule has 1 heterocycles. The molecule has 0 aliphatic heterocycles. The third kappa shape index (κ3) is 5.66. The molecular weight excluding hydrogens is 424 g/mol. The first-order chi connectivity index (χ1) is 14.4. The van der Waals surface area contributed by atoms with Crippen molar-refractivity contribution in [3.05, 3.63) is 55.4 Å². The predicted octanol–water partition coefficient (Wildman–Crippen LogP) is 4.66. The van der Waals surface area contributed by atoms with Crippen molar-refractivity contribution in [2.24, 2.45) is 0 Å². The number of aryl methyl sites for hydroxylation is 1. The van der Waals surface area contributed by atoms with Crippen LogP contribution in [0.5, 0.6) is 0 Å². The van der Waals surface area contributed by atoms with Crippen LogP contribution < -0.4 is 5.32 Å². The maximum Gasteiger partial charge on any atom is 0.348 e. The van der Waals surface area contributed by atoms with E-state index in [9.17, 15) is 24.5 Å². The predicted molar refractivity (Wildman–Crippen MR) is 116 cm³/mol. The SMILES string of the molecule is Cc1ccc(C(=O)Nc2sc(C(=O)OC(C)C)c(C)c2C(=O)OC(C)C)cc1[N+](=O)[O-]. The first-order valence-corrected chi connectivity index (χ1v) is 10.4. The maximum atomic E-state index is 12.8. The molecule has 1 aromatic heterocycles. The molecule has 0 spiro atoms. The van der Waals surface area contributed by atoms with E-state index in [2.05, 4.69) is 5.32 Å². The Morgan fingerprint density at radius 2 is 1.61 bits per heavy atom. The molecule has 2 aromatic rings. The second-order valence-corrected chi connectivity index (χ2v) is 8.40. The smallest absolute Gasteiger partial charge is 0.348 e. The Labute approximate surface area is 183 Å². The number of anilines is 1. The van der Waals surface area contributed by atoms with Gasteiger partial charge in [-0.3, -0.25) is 14.9 Å². The van der Waals surface area contributed by atoms with Gasteiger partial charge in [0.15, 0.2) is 0 Å². The number of ether oxygens (including phenoxy) is 2. The topological polar surface area (TPSA) is 125 Å². The largest absolute Gasteiger partial charge is 0.459 e. The average molecular weight is 448 g/mol. The molecule has 10 heteroatoms. The number of nitrogens with zero attached hydrogens (tertiary/aromatic N) is 1. The van der Waals surface area contributed by atoms with E-state index in [1.165, 1.54) is 12.1 Å². The summed E-state index contributed by atoms with van der Waals surface area (Å²) in [4.78, 5) is 48.6. The van der Waals surface area contributed by atoms with Crippen LogP contribution in [0.4, 0.5) is 10.7 Å². The van der Waals surface area contributed by atoms with Gasteiger partial charge >= 0.3 is 11.9 Å². The van der Waals surface area contributed by atoms with E-state index in [4.69, 9.17) is 9.47 Å². The lowest BCUT2D eigenvalue weighted by atomic mass is 10.1. The van der Waals surface area contributed by atoms with Crippen LogP contribution in [0.25, 0.3) is 0 Å². The standard InChI is InChI=1S/C21H24N2O7S/c1-10(2)29-20(25)16-13(6)17(21(26)30-11(3)4)31-19(16)22-18(24)14-8-7-12(5)15(9-14)23(27)28/h7-11H,1-6H3,(H,22,24). The van der Waals surface area contributed by atoms with Crippen LogP contribution in [0.2, 0.25) is 0 Å². The Balaban J connectivity index is 2.47. The highest BCUT2D eigenvalue weighted by Crippen LogP contribution is 2.35. The van der Waals surface area contributed by atoms with Crippen LogP contribution >= 0.6 is 11.3 Å². The summed E-state index contributed by atoms with van der Waals surface area (Å²) in [7, 11) is 0. The van der Waals surface area contributed by atoms with E-state index in [0.717, 1.165) is 17.4 Å². The lowest BCUT2D eigenvalue weighted by Crippen LogP contribution is -2.17. The minimum atomic E-state index is -0.697. The summed E-state index contributed by atoms with van der Waals surface area (Å²) < 4.78 is 10.5. The summed E-state index contributed by atoms with van der Waals surface area (Å²) in [6.45, 7) is 9.88. The zero-order chi connectivity index (χ0) is 23.5. The minimum Gasteiger partial charge on any atom is -0.459 e. The molecule has 0 aliphatic carbocycles. The number of nitro benzene ring substituents is 1. The highest BCUT2D eigenvalue weighted by Gasteiger charge is 2.29. The molecule has 0 saturated carbocycles. The molecule has 0 unspecified atom stereocenters. The number of esters is 2. The number of hydrogen-bond donors (Lipinski definition) is 1. The summed E-state index contributed by atoms with van der Waals surface area (Å²) in [6, 6.07) is 4.06. The van der Waals surface area contributed by atoms with Gasteiger partial charge in [0.1, 0.15) is 9.88 Å². The fourth-order valence-electron chi connectivity index (χ4n) is 2.71. The molecular formula is C21H24N2O7S. The van der Waals surface area contributed by atoms with Gasteiger partial charge < -0.3 is 14.8 Å². The van der Waals surface area contributed by atoms with Gasteiger partial charge in [-0.2, -0.15) is 0 Å². The van der Waals surface area contributed by atoms with Crippen LogP contribution in [0.15, 0.2) is 18.2 Å². The van der Waals surface area contributed by atoms with Crippen molar-refractivity contribution < 1.29 is 28.8 Å².